The number of hydrogen-bond donors (Lipinski definition) is 2. The van der Waals surface area contributed by atoms with Crippen LogP contribution in [0.25, 0.3) is 0 Å². The van der Waals surface area contributed by atoms with Crippen molar-refractivity contribution >= 4 is 11.9 Å². The number of carboxylic acids is 1. The van der Waals surface area contributed by atoms with Crippen molar-refractivity contribution in [2.45, 2.75) is 59.0 Å². The molecule has 6 nitrogen and oxygen atoms in total. The lowest BCUT2D eigenvalue weighted by molar-refractivity contribution is -0.139. The molecule has 1 aromatic rings. The van der Waals surface area contributed by atoms with Crippen molar-refractivity contribution in [2.24, 2.45) is 0 Å². The standard InChI is InChI=1S/C14H23N3O3/c1-5-6-7-12(14(19)20)16-13(18)11-8-15-17(9(2)3)10(11)4/h8-9,12H,5-7H2,1-4H3,(H,16,18)(H,19,20). The lowest BCUT2D eigenvalue weighted by Gasteiger charge is -2.14. The van der Waals surface area contributed by atoms with Crippen molar-refractivity contribution in [3.63, 3.8) is 0 Å². The number of rotatable bonds is 7. The predicted octanol–water partition coefficient (Wildman–Crippen LogP) is 2.15. The topological polar surface area (TPSA) is 84.2 Å². The third-order valence-electron chi connectivity index (χ3n) is 3.23. The molecule has 1 unspecified atom stereocenters. The maximum absolute atomic E-state index is 12.2. The molecule has 0 aliphatic heterocycles. The Morgan fingerprint density at radius 2 is 2.10 bits per heavy atom. The Morgan fingerprint density at radius 3 is 2.55 bits per heavy atom. The summed E-state index contributed by atoms with van der Waals surface area (Å²) in [6.07, 6.45) is 3.59. The van der Waals surface area contributed by atoms with E-state index < -0.39 is 12.0 Å². The second kappa shape index (κ2) is 7.07. The van der Waals surface area contributed by atoms with Crippen LogP contribution in [0, 0.1) is 6.92 Å². The molecule has 0 saturated heterocycles. The quantitative estimate of drug-likeness (QED) is 0.802. The SMILES string of the molecule is CCCCC(NC(=O)c1cnn(C(C)C)c1C)C(=O)O. The minimum atomic E-state index is -0.999. The summed E-state index contributed by atoms with van der Waals surface area (Å²) in [6, 6.07) is -0.684. The number of nitrogens with one attached hydrogen (secondary N) is 1. The molecular weight excluding hydrogens is 258 g/mol. The summed E-state index contributed by atoms with van der Waals surface area (Å²) in [6.45, 7) is 7.74. The van der Waals surface area contributed by atoms with Gasteiger partial charge in [-0.15, -0.1) is 0 Å². The van der Waals surface area contributed by atoms with Gasteiger partial charge in [0.25, 0.3) is 5.91 Å². The van der Waals surface area contributed by atoms with E-state index in [1.54, 1.807) is 4.68 Å². The van der Waals surface area contributed by atoms with E-state index in [2.05, 4.69) is 10.4 Å². The van der Waals surface area contributed by atoms with Gasteiger partial charge in [0.2, 0.25) is 0 Å². The number of aliphatic carboxylic acids is 1. The van der Waals surface area contributed by atoms with E-state index in [9.17, 15) is 9.59 Å². The first kappa shape index (κ1) is 16.2. The normalized spacial score (nSPS) is 12.4. The first-order chi connectivity index (χ1) is 9.38. The zero-order chi connectivity index (χ0) is 15.3. The fraction of sp³-hybridized carbons (Fsp3) is 0.643. The van der Waals surface area contributed by atoms with Crippen molar-refractivity contribution in [1.82, 2.24) is 15.1 Å². The number of nitrogens with zero attached hydrogens (tertiary/aromatic N) is 2. The van der Waals surface area contributed by atoms with Gasteiger partial charge in [0, 0.05) is 11.7 Å². The zero-order valence-corrected chi connectivity index (χ0v) is 12.5. The molecule has 0 spiro atoms. The molecule has 0 aliphatic carbocycles. The van der Waals surface area contributed by atoms with Crippen molar-refractivity contribution in [1.29, 1.82) is 0 Å². The maximum Gasteiger partial charge on any atom is 0.326 e. The monoisotopic (exact) mass is 281 g/mol. The summed E-state index contributed by atoms with van der Waals surface area (Å²) in [7, 11) is 0. The van der Waals surface area contributed by atoms with Crippen LogP contribution in [0.5, 0.6) is 0 Å². The molecule has 20 heavy (non-hydrogen) atoms. The third kappa shape index (κ3) is 3.82. The van der Waals surface area contributed by atoms with Crippen LogP contribution >= 0.6 is 0 Å². The van der Waals surface area contributed by atoms with E-state index in [-0.39, 0.29) is 11.9 Å². The van der Waals surface area contributed by atoms with E-state index >= 15 is 0 Å². The summed E-state index contributed by atoms with van der Waals surface area (Å²) in [5.74, 6) is -1.38. The Balaban J connectivity index is 2.81. The summed E-state index contributed by atoms with van der Waals surface area (Å²) in [4.78, 5) is 23.3. The van der Waals surface area contributed by atoms with E-state index in [0.29, 0.717) is 12.0 Å². The molecule has 2 N–H and O–H groups in total. The highest BCUT2D eigenvalue weighted by atomic mass is 16.4. The summed E-state index contributed by atoms with van der Waals surface area (Å²) in [5, 5.41) is 15.9. The molecule has 1 rings (SSSR count). The average Bonchev–Trinajstić information content (AvgIpc) is 2.75. The average molecular weight is 281 g/mol. The number of carboxylic acid groups (broad SMARTS) is 1. The highest BCUT2D eigenvalue weighted by Crippen LogP contribution is 2.13. The molecule has 0 fully saturated rings. The molecule has 112 valence electrons. The van der Waals surface area contributed by atoms with E-state index in [1.165, 1.54) is 6.20 Å². The van der Waals surface area contributed by atoms with Crippen LogP contribution in [0.3, 0.4) is 0 Å². The first-order valence-corrected chi connectivity index (χ1v) is 6.96. The largest absolute Gasteiger partial charge is 0.480 e. The highest BCUT2D eigenvalue weighted by molar-refractivity contribution is 5.97. The fourth-order valence-electron chi connectivity index (χ4n) is 2.07. The number of amides is 1. The van der Waals surface area contributed by atoms with Crippen LogP contribution in [0.1, 0.15) is 62.1 Å². The molecule has 1 atom stereocenters. The number of carbonyl (C=O) groups excluding carboxylic acids is 1. The summed E-state index contributed by atoms with van der Waals surface area (Å²) < 4.78 is 1.75. The molecule has 0 saturated carbocycles. The number of carbonyl (C=O) groups is 2. The summed E-state index contributed by atoms with van der Waals surface area (Å²) >= 11 is 0. The van der Waals surface area contributed by atoms with Gasteiger partial charge in [0.15, 0.2) is 0 Å². The molecule has 6 heteroatoms. The molecular formula is C14H23N3O3. The smallest absolute Gasteiger partial charge is 0.326 e. The highest BCUT2D eigenvalue weighted by Gasteiger charge is 2.22. The van der Waals surface area contributed by atoms with Crippen molar-refractivity contribution in [3.05, 3.63) is 17.5 Å². The van der Waals surface area contributed by atoms with Crippen LogP contribution in [0.4, 0.5) is 0 Å². The second-order valence-electron chi connectivity index (χ2n) is 5.19. The van der Waals surface area contributed by atoms with E-state index in [0.717, 1.165) is 18.5 Å². The lowest BCUT2D eigenvalue weighted by Crippen LogP contribution is -2.40. The molecule has 0 aromatic carbocycles. The van der Waals surface area contributed by atoms with Gasteiger partial charge in [-0.3, -0.25) is 9.48 Å². The van der Waals surface area contributed by atoms with Crippen LogP contribution < -0.4 is 5.32 Å². The Kier molecular flexibility index (Phi) is 5.73. The Morgan fingerprint density at radius 1 is 1.45 bits per heavy atom. The first-order valence-electron chi connectivity index (χ1n) is 6.96. The van der Waals surface area contributed by atoms with Crippen LogP contribution in [-0.2, 0) is 4.79 Å². The summed E-state index contributed by atoms with van der Waals surface area (Å²) in [5.41, 5.74) is 1.18. The van der Waals surface area contributed by atoms with Gasteiger partial charge in [-0.2, -0.15) is 5.10 Å². The lowest BCUT2D eigenvalue weighted by atomic mass is 10.1. The van der Waals surface area contributed by atoms with Gasteiger partial charge in [0.05, 0.1) is 11.8 Å². The predicted molar refractivity (Wildman–Crippen MR) is 75.8 cm³/mol. The Bertz CT molecular complexity index is 480. The molecule has 0 radical (unpaired) electrons. The van der Waals surface area contributed by atoms with Gasteiger partial charge < -0.3 is 10.4 Å². The second-order valence-corrected chi connectivity index (χ2v) is 5.19. The number of unbranched alkanes of at least 4 members (excludes halogenated alkanes) is 1. The van der Waals surface area contributed by atoms with Gasteiger partial charge in [-0.25, -0.2) is 4.79 Å². The van der Waals surface area contributed by atoms with Crippen molar-refractivity contribution in [2.75, 3.05) is 0 Å². The van der Waals surface area contributed by atoms with Crippen molar-refractivity contribution in [3.8, 4) is 0 Å². The number of hydrogen-bond acceptors (Lipinski definition) is 3. The van der Waals surface area contributed by atoms with Gasteiger partial charge in [-0.1, -0.05) is 19.8 Å². The fourth-order valence-corrected chi connectivity index (χ4v) is 2.07. The molecule has 0 aliphatic rings. The van der Waals surface area contributed by atoms with Crippen LogP contribution in [0.2, 0.25) is 0 Å². The molecule has 1 aromatic heterocycles. The minimum Gasteiger partial charge on any atom is -0.480 e. The van der Waals surface area contributed by atoms with Crippen molar-refractivity contribution < 1.29 is 14.7 Å². The van der Waals surface area contributed by atoms with Crippen LogP contribution in [-0.4, -0.2) is 32.8 Å². The minimum absolute atomic E-state index is 0.159. The molecule has 1 heterocycles. The van der Waals surface area contributed by atoms with Gasteiger partial charge >= 0.3 is 5.97 Å². The molecule has 0 bridgehead atoms. The number of aromatic nitrogens is 2. The van der Waals surface area contributed by atoms with Gasteiger partial charge in [0.1, 0.15) is 6.04 Å². The maximum atomic E-state index is 12.2. The third-order valence-corrected chi connectivity index (χ3v) is 3.23. The zero-order valence-electron chi connectivity index (χ0n) is 12.5. The van der Waals surface area contributed by atoms with E-state index in [4.69, 9.17) is 5.11 Å². The Hall–Kier alpha value is -1.85. The van der Waals surface area contributed by atoms with Crippen LogP contribution in [0.15, 0.2) is 6.20 Å². The Labute approximate surface area is 119 Å². The van der Waals surface area contributed by atoms with Gasteiger partial charge in [-0.05, 0) is 27.2 Å². The van der Waals surface area contributed by atoms with E-state index in [1.807, 2.05) is 27.7 Å². The molecule has 1 amide bonds.